The van der Waals surface area contributed by atoms with Crippen molar-refractivity contribution in [3.8, 4) is 90.6 Å². The molecule has 64 heavy (non-hydrogen) atoms. The second-order valence-electron chi connectivity index (χ2n) is 16.7. The third kappa shape index (κ3) is 6.36. The average molecular weight is 823 g/mol. The highest BCUT2D eigenvalue weighted by Crippen LogP contribution is 2.49. The van der Waals surface area contributed by atoms with Gasteiger partial charge in [-0.05, 0) is 63.7 Å². The molecule has 3 aromatic heterocycles. The maximum absolute atomic E-state index is 6.54. The summed E-state index contributed by atoms with van der Waals surface area (Å²) >= 11 is 0. The lowest BCUT2D eigenvalue weighted by molar-refractivity contribution is 0.660. The first-order valence-electron chi connectivity index (χ1n) is 21.4. The number of nitrogens with zero attached hydrogens (tertiary/aromatic N) is 6. The molecule has 0 bridgehead atoms. The molecule has 11 aromatic rings. The molecule has 3 heterocycles. The molecule has 302 valence electrons. The Morgan fingerprint density at radius 1 is 0.312 bits per heavy atom. The van der Waals surface area contributed by atoms with E-state index in [4.69, 9.17) is 34.3 Å². The quantitative estimate of drug-likeness (QED) is 0.158. The minimum absolute atomic E-state index is 0.167. The molecule has 8 aromatic carbocycles. The van der Waals surface area contributed by atoms with Crippen LogP contribution in [0.2, 0.25) is 0 Å². The largest absolute Gasteiger partial charge is 0.456 e. The fourth-order valence-electron chi connectivity index (χ4n) is 9.15. The van der Waals surface area contributed by atoms with Crippen molar-refractivity contribution in [2.45, 2.75) is 19.3 Å². The average Bonchev–Trinajstić information content (AvgIpc) is 3.85. The summed E-state index contributed by atoms with van der Waals surface area (Å²) in [5, 5.41) is 1.90. The van der Waals surface area contributed by atoms with Gasteiger partial charge in [0.1, 0.15) is 11.2 Å². The molecular formula is C57H38N6O. The molecule has 0 spiro atoms. The van der Waals surface area contributed by atoms with E-state index >= 15 is 0 Å². The number of hydrogen-bond donors (Lipinski definition) is 0. The molecule has 1 aliphatic rings. The standard InChI is InChI=1S/C57H38N6O/c1-57(2)46-26-13-12-24-42(46)43-30-28-41(34-47(43)57)55-61-53(37-20-10-5-11-21-37)62-56(63-55)44-25-15-27-49-50(44)45-33-39(29-31-48(45)64-49)38-22-14-23-40(32-38)54-59-51(35-16-6-3-7-17-35)58-52(60-54)36-18-8-4-9-19-36/h3-34H,1-2H3. The maximum Gasteiger partial charge on any atom is 0.164 e. The van der Waals surface area contributed by atoms with Gasteiger partial charge < -0.3 is 4.42 Å². The zero-order valence-electron chi connectivity index (χ0n) is 35.1. The predicted molar refractivity (Wildman–Crippen MR) is 256 cm³/mol. The molecule has 7 nitrogen and oxygen atoms in total. The van der Waals surface area contributed by atoms with Gasteiger partial charge in [0.25, 0.3) is 0 Å². The molecule has 0 N–H and O–H groups in total. The first kappa shape index (κ1) is 37.4. The van der Waals surface area contributed by atoms with Gasteiger partial charge >= 0.3 is 0 Å². The molecule has 0 radical (unpaired) electrons. The molecule has 0 saturated heterocycles. The second kappa shape index (κ2) is 14.9. The van der Waals surface area contributed by atoms with Gasteiger partial charge in [0.2, 0.25) is 0 Å². The van der Waals surface area contributed by atoms with Crippen LogP contribution >= 0.6 is 0 Å². The van der Waals surface area contributed by atoms with Crippen LogP contribution in [0.5, 0.6) is 0 Å². The Hall–Kier alpha value is -8.42. The molecule has 1 aliphatic carbocycles. The summed E-state index contributed by atoms with van der Waals surface area (Å²) in [6.45, 7) is 4.59. The number of fused-ring (bicyclic) bond motifs is 6. The van der Waals surface area contributed by atoms with Crippen molar-refractivity contribution < 1.29 is 4.42 Å². The molecule has 0 unspecified atom stereocenters. The van der Waals surface area contributed by atoms with Gasteiger partial charge in [-0.2, -0.15) is 0 Å². The molecule has 0 atom stereocenters. The van der Waals surface area contributed by atoms with Crippen molar-refractivity contribution in [3.63, 3.8) is 0 Å². The van der Waals surface area contributed by atoms with Crippen molar-refractivity contribution in [1.29, 1.82) is 0 Å². The zero-order chi connectivity index (χ0) is 42.8. The molecule has 12 rings (SSSR count). The highest BCUT2D eigenvalue weighted by molar-refractivity contribution is 6.12. The minimum Gasteiger partial charge on any atom is -0.456 e. The third-order valence-electron chi connectivity index (χ3n) is 12.4. The van der Waals surface area contributed by atoms with Crippen LogP contribution in [0.25, 0.3) is 113 Å². The molecule has 0 amide bonds. The van der Waals surface area contributed by atoms with E-state index in [-0.39, 0.29) is 5.41 Å². The molecule has 7 heteroatoms. The fourth-order valence-corrected chi connectivity index (χ4v) is 9.15. The van der Waals surface area contributed by atoms with Gasteiger partial charge in [-0.1, -0.05) is 178 Å². The summed E-state index contributed by atoms with van der Waals surface area (Å²) in [5.74, 6) is 3.64. The van der Waals surface area contributed by atoms with Gasteiger partial charge in [-0.3, -0.25) is 0 Å². The summed E-state index contributed by atoms with van der Waals surface area (Å²) < 4.78 is 6.54. The molecular weight excluding hydrogens is 785 g/mol. The van der Waals surface area contributed by atoms with E-state index in [0.29, 0.717) is 34.9 Å². The maximum atomic E-state index is 6.54. The lowest BCUT2D eigenvalue weighted by Gasteiger charge is -2.21. The van der Waals surface area contributed by atoms with E-state index in [9.17, 15) is 0 Å². The predicted octanol–water partition coefficient (Wildman–Crippen LogP) is 13.9. The fraction of sp³-hybridized carbons (Fsp3) is 0.0526. The van der Waals surface area contributed by atoms with Crippen LogP contribution in [0.4, 0.5) is 0 Å². The Kier molecular flexibility index (Phi) is 8.69. The Bertz CT molecular complexity index is 3530. The summed E-state index contributed by atoms with van der Waals surface area (Å²) in [6, 6.07) is 66.3. The zero-order valence-corrected chi connectivity index (χ0v) is 35.1. The van der Waals surface area contributed by atoms with Gasteiger partial charge in [-0.25, -0.2) is 29.9 Å². The Morgan fingerprint density at radius 3 is 1.41 bits per heavy atom. The Labute approximate surface area is 369 Å². The Balaban J connectivity index is 0.984. The van der Waals surface area contributed by atoms with Gasteiger partial charge in [0.15, 0.2) is 34.9 Å². The van der Waals surface area contributed by atoms with E-state index < -0.39 is 0 Å². The minimum atomic E-state index is -0.167. The Morgan fingerprint density at radius 2 is 0.766 bits per heavy atom. The van der Waals surface area contributed by atoms with E-state index in [1.54, 1.807) is 0 Å². The summed E-state index contributed by atoms with van der Waals surface area (Å²) in [5.41, 5.74) is 14.0. The number of hydrogen-bond acceptors (Lipinski definition) is 7. The SMILES string of the molecule is CC1(C)c2ccccc2-c2ccc(-c3nc(-c4ccccc4)nc(-c4cccc5oc6ccc(-c7cccc(-c8nc(-c9ccccc9)nc(-c9ccccc9)n8)c7)cc6c45)n3)cc21. The monoisotopic (exact) mass is 822 g/mol. The number of furan rings is 1. The van der Waals surface area contributed by atoms with E-state index in [2.05, 4.69) is 98.8 Å². The summed E-state index contributed by atoms with van der Waals surface area (Å²) in [4.78, 5) is 30.4. The lowest BCUT2D eigenvalue weighted by atomic mass is 9.82. The first-order chi connectivity index (χ1) is 31.4. The van der Waals surface area contributed by atoms with Crippen molar-refractivity contribution in [2.75, 3.05) is 0 Å². The van der Waals surface area contributed by atoms with E-state index in [1.807, 2.05) is 109 Å². The van der Waals surface area contributed by atoms with Crippen LogP contribution in [0.3, 0.4) is 0 Å². The van der Waals surface area contributed by atoms with Crippen molar-refractivity contribution in [1.82, 2.24) is 29.9 Å². The first-order valence-corrected chi connectivity index (χ1v) is 21.4. The van der Waals surface area contributed by atoms with Crippen LogP contribution in [-0.2, 0) is 5.41 Å². The number of aromatic nitrogens is 6. The van der Waals surface area contributed by atoms with Gasteiger partial charge in [0.05, 0.1) is 0 Å². The van der Waals surface area contributed by atoms with Gasteiger partial charge in [-0.15, -0.1) is 0 Å². The number of benzene rings is 8. The summed E-state index contributed by atoms with van der Waals surface area (Å²) in [7, 11) is 0. The smallest absolute Gasteiger partial charge is 0.164 e. The molecule has 0 fully saturated rings. The highest BCUT2D eigenvalue weighted by Gasteiger charge is 2.35. The highest BCUT2D eigenvalue weighted by atomic mass is 16.3. The summed E-state index contributed by atoms with van der Waals surface area (Å²) in [6.07, 6.45) is 0. The van der Waals surface area contributed by atoms with E-state index in [0.717, 1.165) is 66.4 Å². The van der Waals surface area contributed by atoms with Crippen LogP contribution in [0, 0.1) is 0 Å². The van der Waals surface area contributed by atoms with Gasteiger partial charge in [0, 0.05) is 49.6 Å². The lowest BCUT2D eigenvalue weighted by Crippen LogP contribution is -2.15. The third-order valence-corrected chi connectivity index (χ3v) is 12.4. The van der Waals surface area contributed by atoms with Crippen molar-refractivity contribution in [3.05, 3.63) is 205 Å². The normalized spacial score (nSPS) is 12.7. The van der Waals surface area contributed by atoms with Crippen LogP contribution in [0.15, 0.2) is 199 Å². The number of rotatable bonds is 7. The van der Waals surface area contributed by atoms with Crippen LogP contribution in [0.1, 0.15) is 25.0 Å². The molecule has 0 aliphatic heterocycles. The molecule has 0 saturated carbocycles. The van der Waals surface area contributed by atoms with E-state index in [1.165, 1.54) is 22.3 Å². The van der Waals surface area contributed by atoms with Crippen LogP contribution < -0.4 is 0 Å². The van der Waals surface area contributed by atoms with Crippen molar-refractivity contribution >= 4 is 21.9 Å². The topological polar surface area (TPSA) is 90.5 Å². The van der Waals surface area contributed by atoms with Crippen molar-refractivity contribution in [2.24, 2.45) is 0 Å². The van der Waals surface area contributed by atoms with Crippen LogP contribution in [-0.4, -0.2) is 29.9 Å². The second-order valence-corrected chi connectivity index (χ2v) is 16.7.